The molecule has 1 heterocycles. The zero-order chi connectivity index (χ0) is 21.2. The van der Waals surface area contributed by atoms with Gasteiger partial charge >= 0.3 is 0 Å². The lowest BCUT2D eigenvalue weighted by molar-refractivity contribution is -0.120. The lowest BCUT2D eigenvalue weighted by Gasteiger charge is -2.31. The highest BCUT2D eigenvalue weighted by Gasteiger charge is 2.32. The number of hydrogen-bond donors (Lipinski definition) is 1. The van der Waals surface area contributed by atoms with E-state index in [4.69, 9.17) is 11.6 Å². The van der Waals surface area contributed by atoms with Crippen molar-refractivity contribution in [3.8, 4) is 0 Å². The van der Waals surface area contributed by atoms with Crippen LogP contribution in [0.5, 0.6) is 0 Å². The monoisotopic (exact) mass is 434 g/mol. The van der Waals surface area contributed by atoms with E-state index in [2.05, 4.69) is 5.32 Å². The van der Waals surface area contributed by atoms with Gasteiger partial charge in [-0.2, -0.15) is 0 Å². The highest BCUT2D eigenvalue weighted by molar-refractivity contribution is 7.88. The number of anilines is 1. The number of sulfonamides is 1. The first-order valence-electron chi connectivity index (χ1n) is 9.76. The number of piperidine rings is 1. The van der Waals surface area contributed by atoms with Crippen LogP contribution < -0.4 is 5.32 Å². The van der Waals surface area contributed by atoms with Gasteiger partial charge in [0.15, 0.2) is 0 Å². The molecule has 0 aromatic heterocycles. The molecule has 0 aliphatic carbocycles. The molecule has 2 aromatic rings. The van der Waals surface area contributed by atoms with Gasteiger partial charge in [-0.1, -0.05) is 41.4 Å². The fourth-order valence-electron chi connectivity index (χ4n) is 3.89. The van der Waals surface area contributed by atoms with E-state index in [9.17, 15) is 13.2 Å². The van der Waals surface area contributed by atoms with Crippen LogP contribution in [0, 0.1) is 26.7 Å². The Hall–Kier alpha value is -1.89. The second kappa shape index (κ2) is 8.86. The molecular formula is C22H27ClN2O3S. The van der Waals surface area contributed by atoms with E-state index < -0.39 is 10.0 Å². The minimum Gasteiger partial charge on any atom is -0.325 e. The summed E-state index contributed by atoms with van der Waals surface area (Å²) in [6.07, 6.45) is 1.35. The molecule has 2 aromatic carbocycles. The third-order valence-electron chi connectivity index (χ3n) is 5.34. The molecule has 0 radical (unpaired) electrons. The second-order valence-corrected chi connectivity index (χ2v) is 10.2. The van der Waals surface area contributed by atoms with Gasteiger partial charge in [-0.15, -0.1) is 0 Å². The Morgan fingerprint density at radius 1 is 1.14 bits per heavy atom. The molecule has 0 spiro atoms. The van der Waals surface area contributed by atoms with Gasteiger partial charge in [-0.25, -0.2) is 12.7 Å². The third-order valence-corrected chi connectivity index (χ3v) is 7.40. The molecule has 3 rings (SSSR count). The predicted octanol–water partition coefficient (Wildman–Crippen LogP) is 4.45. The maximum absolute atomic E-state index is 12.9. The Morgan fingerprint density at radius 3 is 2.38 bits per heavy atom. The van der Waals surface area contributed by atoms with Crippen molar-refractivity contribution in [2.45, 2.75) is 39.4 Å². The van der Waals surface area contributed by atoms with Crippen molar-refractivity contribution in [2.24, 2.45) is 5.92 Å². The molecule has 1 saturated heterocycles. The van der Waals surface area contributed by atoms with Crippen LogP contribution in [0.3, 0.4) is 0 Å². The molecule has 5 nitrogen and oxygen atoms in total. The largest absolute Gasteiger partial charge is 0.325 e. The van der Waals surface area contributed by atoms with E-state index in [1.54, 1.807) is 24.3 Å². The molecule has 1 atom stereocenters. The molecule has 1 aliphatic heterocycles. The minimum atomic E-state index is -3.50. The number of amides is 1. The van der Waals surface area contributed by atoms with Crippen LogP contribution in [0.15, 0.2) is 36.4 Å². The highest BCUT2D eigenvalue weighted by atomic mass is 35.5. The van der Waals surface area contributed by atoms with Crippen molar-refractivity contribution in [1.82, 2.24) is 4.31 Å². The van der Waals surface area contributed by atoms with Gasteiger partial charge in [0.2, 0.25) is 15.9 Å². The van der Waals surface area contributed by atoms with E-state index in [-0.39, 0.29) is 24.1 Å². The summed E-state index contributed by atoms with van der Waals surface area (Å²) in [6, 6.07) is 10.9. The number of carbonyl (C=O) groups is 1. The van der Waals surface area contributed by atoms with Gasteiger partial charge in [-0.3, -0.25) is 4.79 Å². The zero-order valence-electron chi connectivity index (χ0n) is 17.0. The molecule has 156 valence electrons. The van der Waals surface area contributed by atoms with E-state index in [0.717, 1.165) is 22.4 Å². The molecule has 1 N–H and O–H groups in total. The van der Waals surface area contributed by atoms with Gasteiger partial charge in [-0.05, 0) is 62.4 Å². The first-order chi connectivity index (χ1) is 13.7. The fourth-order valence-corrected chi connectivity index (χ4v) is 5.63. The molecule has 29 heavy (non-hydrogen) atoms. The number of nitrogens with one attached hydrogen (secondary N) is 1. The molecular weight excluding hydrogens is 408 g/mol. The summed E-state index contributed by atoms with van der Waals surface area (Å²) in [5.41, 5.74) is 4.68. The van der Waals surface area contributed by atoms with Gasteiger partial charge in [0.05, 0.1) is 11.7 Å². The molecule has 0 unspecified atom stereocenters. The van der Waals surface area contributed by atoms with Gasteiger partial charge in [0, 0.05) is 23.8 Å². The summed E-state index contributed by atoms with van der Waals surface area (Å²) in [5, 5.41) is 3.60. The van der Waals surface area contributed by atoms with E-state index in [1.807, 2.05) is 32.9 Å². The van der Waals surface area contributed by atoms with Gasteiger partial charge in [0.25, 0.3) is 0 Å². The molecule has 1 fully saturated rings. The van der Waals surface area contributed by atoms with Gasteiger partial charge in [0.1, 0.15) is 0 Å². The maximum Gasteiger partial charge on any atom is 0.228 e. The number of halogens is 1. The Bertz CT molecular complexity index is 980. The summed E-state index contributed by atoms with van der Waals surface area (Å²) >= 11 is 5.88. The van der Waals surface area contributed by atoms with E-state index >= 15 is 0 Å². The number of rotatable bonds is 5. The zero-order valence-corrected chi connectivity index (χ0v) is 18.6. The summed E-state index contributed by atoms with van der Waals surface area (Å²) in [7, 11) is -3.50. The number of nitrogens with zero attached hydrogens (tertiary/aromatic N) is 1. The van der Waals surface area contributed by atoms with Crippen molar-refractivity contribution in [1.29, 1.82) is 0 Å². The second-order valence-electron chi connectivity index (χ2n) is 7.84. The summed E-state index contributed by atoms with van der Waals surface area (Å²) < 4.78 is 27.2. The lowest BCUT2D eigenvalue weighted by atomic mass is 9.98. The number of benzene rings is 2. The summed E-state index contributed by atoms with van der Waals surface area (Å²) in [4.78, 5) is 12.9. The van der Waals surface area contributed by atoms with Crippen molar-refractivity contribution >= 4 is 33.2 Å². The molecule has 1 amide bonds. The highest BCUT2D eigenvalue weighted by Crippen LogP contribution is 2.26. The van der Waals surface area contributed by atoms with Crippen molar-refractivity contribution < 1.29 is 13.2 Å². The Balaban J connectivity index is 1.69. The molecule has 1 aliphatic rings. The van der Waals surface area contributed by atoms with Crippen LogP contribution in [-0.4, -0.2) is 31.7 Å². The smallest absolute Gasteiger partial charge is 0.228 e. The van der Waals surface area contributed by atoms with Crippen LogP contribution in [0.4, 0.5) is 5.69 Å². The number of hydrogen-bond acceptors (Lipinski definition) is 3. The van der Waals surface area contributed by atoms with Crippen LogP contribution in [0.25, 0.3) is 0 Å². The molecule has 7 heteroatoms. The van der Waals surface area contributed by atoms with Crippen LogP contribution in [0.1, 0.15) is 35.1 Å². The third kappa shape index (κ3) is 5.38. The number of carbonyl (C=O) groups excluding carboxylic acids is 1. The Morgan fingerprint density at radius 2 is 1.76 bits per heavy atom. The summed E-state index contributed by atoms with van der Waals surface area (Å²) in [6.45, 7) is 6.63. The Labute approximate surface area is 178 Å². The topological polar surface area (TPSA) is 66.5 Å². The average molecular weight is 435 g/mol. The SMILES string of the molecule is Cc1cc(C)c(NC(=O)[C@H]2CCCN(S(=O)(=O)Cc3ccc(Cl)cc3)C2)c(C)c1. The number of aryl methyl sites for hydroxylation is 3. The minimum absolute atomic E-state index is 0.0886. The van der Waals surface area contributed by atoms with Gasteiger partial charge < -0.3 is 5.32 Å². The normalized spacial score (nSPS) is 17.9. The van der Waals surface area contributed by atoms with Crippen LogP contribution in [0.2, 0.25) is 5.02 Å². The quantitative estimate of drug-likeness (QED) is 0.756. The first kappa shape index (κ1) is 21.8. The standard InChI is InChI=1S/C22H27ClN2O3S/c1-15-11-16(2)21(17(3)12-15)24-22(26)19-5-4-10-25(13-19)29(27,28)14-18-6-8-20(23)9-7-18/h6-9,11-12,19H,4-5,10,13-14H2,1-3H3,(H,24,26)/t19-/m0/s1. The van der Waals surface area contributed by atoms with Crippen molar-refractivity contribution in [2.75, 3.05) is 18.4 Å². The van der Waals surface area contributed by atoms with Crippen LogP contribution in [-0.2, 0) is 20.6 Å². The molecule has 0 bridgehead atoms. The lowest BCUT2D eigenvalue weighted by Crippen LogP contribution is -2.44. The maximum atomic E-state index is 12.9. The average Bonchev–Trinajstić information content (AvgIpc) is 2.66. The Kier molecular flexibility index (Phi) is 6.66. The van der Waals surface area contributed by atoms with E-state index in [0.29, 0.717) is 30.0 Å². The summed E-state index contributed by atoms with van der Waals surface area (Å²) in [5.74, 6) is -0.565. The predicted molar refractivity (Wildman–Crippen MR) is 118 cm³/mol. The van der Waals surface area contributed by atoms with Crippen molar-refractivity contribution in [3.05, 3.63) is 63.7 Å². The first-order valence-corrected chi connectivity index (χ1v) is 11.8. The van der Waals surface area contributed by atoms with Crippen LogP contribution >= 0.6 is 11.6 Å². The van der Waals surface area contributed by atoms with E-state index in [1.165, 1.54) is 4.31 Å². The molecule has 0 saturated carbocycles. The fraction of sp³-hybridized carbons (Fsp3) is 0.409. The van der Waals surface area contributed by atoms with Crippen molar-refractivity contribution in [3.63, 3.8) is 0 Å².